The van der Waals surface area contributed by atoms with Gasteiger partial charge in [-0.2, -0.15) is 0 Å². The topological polar surface area (TPSA) is 107 Å². The second-order valence-electron chi connectivity index (χ2n) is 3.93. The molecule has 0 aliphatic rings. The number of primary amides is 1. The number of ether oxygens (including phenoxy) is 1. The Balaban J connectivity index is 3.91. The first kappa shape index (κ1) is 15.8. The average Bonchev–Trinajstić information content (AvgIpc) is 2.15. The molecule has 2 amide bonds. The summed E-state index contributed by atoms with van der Waals surface area (Å²) in [4.78, 5) is 22.2. The lowest BCUT2D eigenvalue weighted by Crippen LogP contribution is -2.42. The number of amides is 2. The molecular weight excluding hydrogens is 242 g/mol. The SMILES string of the molecule is CC(C)C(C(=O)NCCOCC(N)=O)C(N)=S. The highest BCUT2D eigenvalue weighted by Gasteiger charge is 2.24. The first-order valence-corrected chi connectivity index (χ1v) is 5.70. The van der Waals surface area contributed by atoms with Gasteiger partial charge in [0.1, 0.15) is 6.61 Å². The third-order valence-electron chi connectivity index (χ3n) is 2.05. The van der Waals surface area contributed by atoms with E-state index in [9.17, 15) is 9.59 Å². The lowest BCUT2D eigenvalue weighted by atomic mass is 9.95. The van der Waals surface area contributed by atoms with Crippen molar-refractivity contribution in [3.8, 4) is 0 Å². The molecule has 0 aliphatic heterocycles. The molecule has 0 saturated carbocycles. The Labute approximate surface area is 106 Å². The lowest BCUT2D eigenvalue weighted by Gasteiger charge is -2.18. The van der Waals surface area contributed by atoms with Crippen molar-refractivity contribution < 1.29 is 14.3 Å². The zero-order chi connectivity index (χ0) is 13.4. The quantitative estimate of drug-likeness (QED) is 0.390. The van der Waals surface area contributed by atoms with Gasteiger partial charge < -0.3 is 21.5 Å². The number of hydrogen-bond donors (Lipinski definition) is 3. The monoisotopic (exact) mass is 261 g/mol. The zero-order valence-electron chi connectivity index (χ0n) is 10.1. The fourth-order valence-corrected chi connectivity index (χ4v) is 1.67. The van der Waals surface area contributed by atoms with E-state index in [-0.39, 0.29) is 36.6 Å². The molecule has 7 heteroatoms. The van der Waals surface area contributed by atoms with Crippen molar-refractivity contribution in [1.82, 2.24) is 5.32 Å². The highest BCUT2D eigenvalue weighted by atomic mass is 32.1. The standard InChI is InChI=1S/C10H19N3O3S/c1-6(2)8(9(12)17)10(15)13-3-4-16-5-7(11)14/h6,8H,3-5H2,1-2H3,(H2,11,14)(H2,12,17)(H,13,15). The van der Waals surface area contributed by atoms with Gasteiger partial charge in [-0.05, 0) is 5.92 Å². The normalized spacial score (nSPS) is 12.2. The van der Waals surface area contributed by atoms with E-state index in [0.29, 0.717) is 0 Å². The Hall–Kier alpha value is -1.21. The molecule has 0 heterocycles. The third kappa shape index (κ3) is 6.85. The smallest absolute Gasteiger partial charge is 0.243 e. The molecule has 0 aromatic rings. The summed E-state index contributed by atoms with van der Waals surface area (Å²) in [6.45, 7) is 4.09. The molecule has 0 aliphatic carbocycles. The summed E-state index contributed by atoms with van der Waals surface area (Å²) in [5.41, 5.74) is 10.4. The minimum Gasteiger partial charge on any atom is -0.393 e. The van der Waals surface area contributed by atoms with Crippen molar-refractivity contribution in [1.29, 1.82) is 0 Å². The predicted octanol–water partition coefficient (Wildman–Crippen LogP) is -0.837. The van der Waals surface area contributed by atoms with Crippen LogP contribution in [0.2, 0.25) is 0 Å². The van der Waals surface area contributed by atoms with Crippen molar-refractivity contribution in [3.05, 3.63) is 0 Å². The van der Waals surface area contributed by atoms with Crippen molar-refractivity contribution in [2.45, 2.75) is 13.8 Å². The molecular formula is C10H19N3O3S. The van der Waals surface area contributed by atoms with Crippen LogP contribution >= 0.6 is 12.2 Å². The summed E-state index contributed by atoms with van der Waals surface area (Å²) in [6, 6.07) is 0. The number of rotatable bonds is 8. The van der Waals surface area contributed by atoms with Crippen molar-refractivity contribution >= 4 is 29.0 Å². The number of carbonyl (C=O) groups excluding carboxylic acids is 2. The van der Waals surface area contributed by atoms with Gasteiger partial charge in [0.2, 0.25) is 11.8 Å². The van der Waals surface area contributed by atoms with Crippen molar-refractivity contribution in [3.63, 3.8) is 0 Å². The molecule has 1 atom stereocenters. The highest BCUT2D eigenvalue weighted by molar-refractivity contribution is 7.80. The van der Waals surface area contributed by atoms with Gasteiger partial charge in [-0.3, -0.25) is 9.59 Å². The van der Waals surface area contributed by atoms with Gasteiger partial charge in [0.25, 0.3) is 0 Å². The number of nitrogens with one attached hydrogen (secondary N) is 1. The van der Waals surface area contributed by atoms with Gasteiger partial charge in [-0.1, -0.05) is 26.1 Å². The van der Waals surface area contributed by atoms with Crippen LogP contribution in [-0.4, -0.2) is 36.6 Å². The molecule has 0 radical (unpaired) electrons. The van der Waals surface area contributed by atoms with Gasteiger partial charge in [-0.15, -0.1) is 0 Å². The van der Waals surface area contributed by atoms with Crippen LogP contribution in [-0.2, 0) is 14.3 Å². The molecule has 0 rings (SSSR count). The minimum absolute atomic E-state index is 0.0408. The third-order valence-corrected chi connectivity index (χ3v) is 2.30. The summed E-state index contributed by atoms with van der Waals surface area (Å²) in [5.74, 6) is -1.21. The molecule has 17 heavy (non-hydrogen) atoms. The van der Waals surface area contributed by atoms with Crippen LogP contribution in [0, 0.1) is 11.8 Å². The van der Waals surface area contributed by atoms with E-state index in [4.69, 9.17) is 28.4 Å². The van der Waals surface area contributed by atoms with E-state index in [2.05, 4.69) is 5.32 Å². The average molecular weight is 261 g/mol. The molecule has 0 fully saturated rings. The minimum atomic E-state index is -0.542. The van der Waals surface area contributed by atoms with E-state index in [1.165, 1.54) is 0 Å². The summed E-state index contributed by atoms with van der Waals surface area (Å²) in [6.07, 6.45) is 0. The summed E-state index contributed by atoms with van der Waals surface area (Å²) < 4.78 is 4.89. The van der Waals surface area contributed by atoms with Crippen LogP contribution in [0.15, 0.2) is 0 Å². The second-order valence-corrected chi connectivity index (χ2v) is 4.41. The van der Waals surface area contributed by atoms with Gasteiger partial charge in [-0.25, -0.2) is 0 Å². The molecule has 0 aromatic carbocycles. The van der Waals surface area contributed by atoms with Crippen LogP contribution < -0.4 is 16.8 Å². The predicted molar refractivity (Wildman–Crippen MR) is 68.1 cm³/mol. The molecule has 0 spiro atoms. The lowest BCUT2D eigenvalue weighted by molar-refractivity contribution is -0.124. The van der Waals surface area contributed by atoms with Crippen LogP contribution in [0.5, 0.6) is 0 Å². The Bertz CT molecular complexity index is 295. The van der Waals surface area contributed by atoms with Gasteiger partial charge in [0.05, 0.1) is 17.5 Å². The van der Waals surface area contributed by atoms with Gasteiger partial charge in [0, 0.05) is 6.54 Å². The number of nitrogens with two attached hydrogens (primary N) is 2. The summed E-state index contributed by atoms with van der Waals surface area (Å²) in [7, 11) is 0. The molecule has 6 nitrogen and oxygen atoms in total. The Morgan fingerprint density at radius 1 is 1.35 bits per heavy atom. The van der Waals surface area contributed by atoms with E-state index in [1.54, 1.807) is 0 Å². The van der Waals surface area contributed by atoms with Gasteiger partial charge in [0.15, 0.2) is 0 Å². The fraction of sp³-hybridized carbons (Fsp3) is 0.700. The molecule has 5 N–H and O–H groups in total. The summed E-state index contributed by atoms with van der Waals surface area (Å²) in [5, 5.41) is 2.64. The Kier molecular flexibility index (Phi) is 7.40. The highest BCUT2D eigenvalue weighted by Crippen LogP contribution is 2.10. The van der Waals surface area contributed by atoms with E-state index in [1.807, 2.05) is 13.8 Å². The van der Waals surface area contributed by atoms with E-state index in [0.717, 1.165) is 0 Å². The summed E-state index contributed by atoms with van der Waals surface area (Å²) >= 11 is 4.83. The van der Waals surface area contributed by atoms with Crippen LogP contribution in [0.3, 0.4) is 0 Å². The van der Waals surface area contributed by atoms with Crippen LogP contribution in [0.4, 0.5) is 0 Å². The second kappa shape index (κ2) is 7.97. The molecule has 0 aromatic heterocycles. The fourth-order valence-electron chi connectivity index (χ4n) is 1.29. The van der Waals surface area contributed by atoms with Crippen LogP contribution in [0.1, 0.15) is 13.8 Å². The van der Waals surface area contributed by atoms with E-state index < -0.39 is 11.8 Å². The molecule has 1 unspecified atom stereocenters. The van der Waals surface area contributed by atoms with E-state index >= 15 is 0 Å². The number of carbonyl (C=O) groups is 2. The molecule has 98 valence electrons. The Morgan fingerprint density at radius 3 is 2.35 bits per heavy atom. The maximum Gasteiger partial charge on any atom is 0.243 e. The Morgan fingerprint density at radius 2 is 1.94 bits per heavy atom. The maximum absolute atomic E-state index is 11.7. The number of thiocarbonyl (C=S) groups is 1. The van der Waals surface area contributed by atoms with Crippen molar-refractivity contribution in [2.24, 2.45) is 23.3 Å². The van der Waals surface area contributed by atoms with Gasteiger partial charge >= 0.3 is 0 Å². The zero-order valence-corrected chi connectivity index (χ0v) is 10.9. The number of hydrogen-bond acceptors (Lipinski definition) is 4. The maximum atomic E-state index is 11.7. The largest absolute Gasteiger partial charge is 0.393 e. The van der Waals surface area contributed by atoms with Crippen molar-refractivity contribution in [2.75, 3.05) is 19.8 Å². The first-order chi connectivity index (χ1) is 7.86. The molecule has 0 bridgehead atoms. The molecule has 0 saturated heterocycles. The first-order valence-electron chi connectivity index (χ1n) is 5.29. The van der Waals surface area contributed by atoms with Crippen LogP contribution in [0.25, 0.3) is 0 Å².